The molecule has 1 aromatic carbocycles. The van der Waals surface area contributed by atoms with E-state index in [1.165, 1.54) is 0 Å². The number of nitrogens with two attached hydrogens (primary N) is 1. The smallest absolute Gasteiger partial charge is 0.260 e. The molecule has 0 atom stereocenters. The van der Waals surface area contributed by atoms with Crippen LogP contribution in [0.4, 0.5) is 11.4 Å². The minimum absolute atomic E-state index is 0.397. The molecule has 0 unspecified atom stereocenters. The van der Waals surface area contributed by atoms with E-state index < -0.39 is 12.1 Å². The molecular formula is C8H9N3O. The second-order valence-corrected chi connectivity index (χ2v) is 2.67. The highest BCUT2D eigenvalue weighted by Crippen LogP contribution is 2.27. The zero-order chi connectivity index (χ0) is 8.55. The van der Waals surface area contributed by atoms with Gasteiger partial charge < -0.3 is 16.4 Å². The molecule has 0 bridgehead atoms. The van der Waals surface area contributed by atoms with Crippen LogP contribution in [0.25, 0.3) is 0 Å². The number of hydrogen-bond donors (Lipinski definition) is 3. The lowest BCUT2D eigenvalue weighted by Crippen LogP contribution is -2.37. The molecule has 0 fully saturated rings. The van der Waals surface area contributed by atoms with Crippen LogP contribution in [0.1, 0.15) is 0 Å². The standard InChI is InChI=1S/C8H9N3O/c9-7(12)8-10-5-3-1-2-4-6(5)11-8/h1-4,8,10-11H,(H2,9,12). The molecule has 0 aliphatic carbocycles. The number of hydrogen-bond acceptors (Lipinski definition) is 3. The fourth-order valence-electron chi connectivity index (χ4n) is 1.22. The number of amides is 1. The lowest BCUT2D eigenvalue weighted by atomic mass is 10.3. The van der Waals surface area contributed by atoms with E-state index in [4.69, 9.17) is 5.73 Å². The molecule has 12 heavy (non-hydrogen) atoms. The van der Waals surface area contributed by atoms with Gasteiger partial charge in [-0.2, -0.15) is 0 Å². The Labute approximate surface area is 69.8 Å². The second kappa shape index (κ2) is 2.41. The van der Waals surface area contributed by atoms with Crippen molar-refractivity contribution in [2.75, 3.05) is 10.6 Å². The summed E-state index contributed by atoms with van der Waals surface area (Å²) in [6.45, 7) is 0. The maximum absolute atomic E-state index is 10.8. The van der Waals surface area contributed by atoms with E-state index in [0.29, 0.717) is 0 Å². The Hall–Kier alpha value is -1.71. The summed E-state index contributed by atoms with van der Waals surface area (Å²) >= 11 is 0. The van der Waals surface area contributed by atoms with Crippen molar-refractivity contribution < 1.29 is 4.79 Å². The summed E-state index contributed by atoms with van der Waals surface area (Å²) in [5.41, 5.74) is 6.95. The number of carbonyl (C=O) groups excluding carboxylic acids is 1. The molecule has 1 aromatic rings. The van der Waals surface area contributed by atoms with Crippen molar-refractivity contribution in [3.63, 3.8) is 0 Å². The molecule has 0 spiro atoms. The summed E-state index contributed by atoms with van der Waals surface area (Å²) < 4.78 is 0. The van der Waals surface area contributed by atoms with E-state index in [1.807, 2.05) is 24.3 Å². The molecule has 1 aliphatic rings. The molecule has 0 radical (unpaired) electrons. The quantitative estimate of drug-likeness (QED) is 0.559. The van der Waals surface area contributed by atoms with Gasteiger partial charge in [-0.15, -0.1) is 0 Å². The average Bonchev–Trinajstić information content (AvgIpc) is 2.46. The van der Waals surface area contributed by atoms with Crippen LogP contribution in [-0.4, -0.2) is 12.1 Å². The van der Waals surface area contributed by atoms with Gasteiger partial charge in [-0.3, -0.25) is 4.79 Å². The first-order valence-corrected chi connectivity index (χ1v) is 3.69. The van der Waals surface area contributed by atoms with E-state index in [2.05, 4.69) is 10.6 Å². The van der Waals surface area contributed by atoms with Crippen molar-refractivity contribution in [1.82, 2.24) is 0 Å². The Morgan fingerprint density at radius 1 is 1.25 bits per heavy atom. The number of benzene rings is 1. The maximum atomic E-state index is 10.8. The monoisotopic (exact) mass is 163 g/mol. The highest BCUT2D eigenvalue weighted by atomic mass is 16.1. The van der Waals surface area contributed by atoms with Crippen molar-refractivity contribution >= 4 is 17.3 Å². The Morgan fingerprint density at radius 3 is 2.17 bits per heavy atom. The van der Waals surface area contributed by atoms with Gasteiger partial charge in [0.15, 0.2) is 6.17 Å². The van der Waals surface area contributed by atoms with Crippen LogP contribution in [0.2, 0.25) is 0 Å². The topological polar surface area (TPSA) is 67.2 Å². The van der Waals surface area contributed by atoms with Crippen LogP contribution in [0.15, 0.2) is 24.3 Å². The maximum Gasteiger partial charge on any atom is 0.260 e. The van der Waals surface area contributed by atoms with Crippen LogP contribution in [0.5, 0.6) is 0 Å². The predicted molar refractivity (Wildman–Crippen MR) is 46.7 cm³/mol. The number of para-hydroxylation sites is 2. The van der Waals surface area contributed by atoms with E-state index in [0.717, 1.165) is 11.4 Å². The van der Waals surface area contributed by atoms with Gasteiger partial charge in [0.05, 0.1) is 11.4 Å². The highest BCUT2D eigenvalue weighted by molar-refractivity contribution is 5.91. The van der Waals surface area contributed by atoms with Crippen LogP contribution in [-0.2, 0) is 4.79 Å². The summed E-state index contributed by atoms with van der Waals surface area (Å²) in [5.74, 6) is -0.397. The van der Waals surface area contributed by atoms with Crippen molar-refractivity contribution in [3.8, 4) is 0 Å². The number of fused-ring (bicyclic) bond motifs is 1. The van der Waals surface area contributed by atoms with Gasteiger partial charge in [0.1, 0.15) is 0 Å². The molecule has 0 aromatic heterocycles. The van der Waals surface area contributed by atoms with Crippen molar-refractivity contribution in [2.45, 2.75) is 6.17 Å². The molecule has 62 valence electrons. The van der Waals surface area contributed by atoms with E-state index in [1.54, 1.807) is 0 Å². The minimum Gasteiger partial charge on any atom is -0.366 e. The van der Waals surface area contributed by atoms with Gasteiger partial charge in [-0.1, -0.05) is 12.1 Å². The first kappa shape index (κ1) is 6.97. The Bertz CT molecular complexity index is 299. The summed E-state index contributed by atoms with van der Waals surface area (Å²) in [6.07, 6.45) is -0.470. The third kappa shape index (κ3) is 0.972. The Morgan fingerprint density at radius 2 is 1.75 bits per heavy atom. The summed E-state index contributed by atoms with van der Waals surface area (Å²) in [5, 5.41) is 5.90. The molecule has 0 saturated heterocycles. The molecular weight excluding hydrogens is 154 g/mol. The number of anilines is 2. The molecule has 4 nitrogen and oxygen atoms in total. The van der Waals surface area contributed by atoms with Gasteiger partial charge in [-0.05, 0) is 12.1 Å². The lowest BCUT2D eigenvalue weighted by Gasteiger charge is -2.05. The first-order valence-electron chi connectivity index (χ1n) is 3.69. The Balaban J connectivity index is 2.27. The zero-order valence-electron chi connectivity index (χ0n) is 6.37. The van der Waals surface area contributed by atoms with Gasteiger partial charge in [0.2, 0.25) is 0 Å². The third-order valence-electron chi connectivity index (χ3n) is 1.81. The van der Waals surface area contributed by atoms with Crippen LogP contribution in [0, 0.1) is 0 Å². The van der Waals surface area contributed by atoms with E-state index >= 15 is 0 Å². The first-order chi connectivity index (χ1) is 5.77. The highest BCUT2D eigenvalue weighted by Gasteiger charge is 2.22. The molecule has 2 rings (SSSR count). The number of carbonyl (C=O) groups is 1. The van der Waals surface area contributed by atoms with Crippen LogP contribution < -0.4 is 16.4 Å². The molecule has 4 N–H and O–H groups in total. The predicted octanol–water partition coefficient (Wildman–Crippen LogP) is 0.335. The molecule has 1 amide bonds. The van der Waals surface area contributed by atoms with E-state index in [-0.39, 0.29) is 0 Å². The summed E-state index contributed by atoms with van der Waals surface area (Å²) in [7, 11) is 0. The zero-order valence-corrected chi connectivity index (χ0v) is 6.37. The minimum atomic E-state index is -0.470. The Kier molecular flexibility index (Phi) is 1.40. The average molecular weight is 163 g/mol. The summed E-state index contributed by atoms with van der Waals surface area (Å²) in [4.78, 5) is 10.8. The van der Waals surface area contributed by atoms with Crippen molar-refractivity contribution in [1.29, 1.82) is 0 Å². The normalized spacial score (nSPS) is 14.7. The van der Waals surface area contributed by atoms with Crippen LogP contribution in [0.3, 0.4) is 0 Å². The number of nitrogens with one attached hydrogen (secondary N) is 2. The molecule has 4 heteroatoms. The third-order valence-corrected chi connectivity index (χ3v) is 1.81. The fourth-order valence-corrected chi connectivity index (χ4v) is 1.22. The van der Waals surface area contributed by atoms with Crippen molar-refractivity contribution in [3.05, 3.63) is 24.3 Å². The number of primary amides is 1. The second-order valence-electron chi connectivity index (χ2n) is 2.67. The molecule has 0 saturated carbocycles. The van der Waals surface area contributed by atoms with Gasteiger partial charge in [-0.25, -0.2) is 0 Å². The largest absolute Gasteiger partial charge is 0.366 e. The molecule has 1 heterocycles. The van der Waals surface area contributed by atoms with E-state index in [9.17, 15) is 4.79 Å². The van der Waals surface area contributed by atoms with Gasteiger partial charge in [0.25, 0.3) is 5.91 Å². The lowest BCUT2D eigenvalue weighted by molar-refractivity contribution is -0.118. The SMILES string of the molecule is NC(=O)C1Nc2ccccc2N1. The number of rotatable bonds is 1. The van der Waals surface area contributed by atoms with Gasteiger partial charge in [0, 0.05) is 0 Å². The fraction of sp³-hybridized carbons (Fsp3) is 0.125. The summed E-state index contributed by atoms with van der Waals surface area (Å²) in [6, 6.07) is 7.59. The molecule has 1 aliphatic heterocycles. The van der Waals surface area contributed by atoms with Gasteiger partial charge >= 0.3 is 0 Å². The van der Waals surface area contributed by atoms with Crippen LogP contribution >= 0.6 is 0 Å². The van der Waals surface area contributed by atoms with Crippen molar-refractivity contribution in [2.24, 2.45) is 5.73 Å².